The van der Waals surface area contributed by atoms with Crippen molar-refractivity contribution in [3.63, 3.8) is 0 Å². The molecule has 0 radical (unpaired) electrons. The molecule has 0 bridgehead atoms. The molecular weight excluding hydrogens is 626 g/mol. The maximum absolute atomic E-state index is 13.4. The van der Waals surface area contributed by atoms with Crippen molar-refractivity contribution in [3.05, 3.63) is 114 Å². The quantitative estimate of drug-likeness (QED) is 0.141. The van der Waals surface area contributed by atoms with Crippen molar-refractivity contribution in [2.45, 2.75) is 52.6 Å². The van der Waals surface area contributed by atoms with Crippen molar-refractivity contribution in [1.82, 2.24) is 24.7 Å². The lowest BCUT2D eigenvalue weighted by molar-refractivity contribution is 0.262. The van der Waals surface area contributed by atoms with Crippen molar-refractivity contribution in [3.8, 4) is 11.4 Å². The standard InChI is InChI=1S/C39H41N9O2/c1-26-11-13-28(14-12-26)48-36(22-33(46-48)39(2,3)4)45-38(49)42-31-15-16-32(30-10-6-5-9-29(30)31)50-25-27-17-18-41-34(21-27)43-35-23-40-24-37(44-35)47-19-7-8-20-47/h5-6,9-18,21-24H,7-8,19-20,25H2,1-4H3,(H,41,43,44)(H2,42,45,49). The summed E-state index contributed by atoms with van der Waals surface area (Å²) in [5, 5.41) is 15.9. The van der Waals surface area contributed by atoms with E-state index in [2.05, 4.69) is 51.6 Å². The van der Waals surface area contributed by atoms with E-state index in [9.17, 15) is 4.79 Å². The molecule has 1 fully saturated rings. The van der Waals surface area contributed by atoms with Gasteiger partial charge in [-0.25, -0.2) is 19.4 Å². The molecule has 7 rings (SSSR count). The zero-order chi connectivity index (χ0) is 34.7. The molecule has 1 aliphatic heterocycles. The number of hydrogen-bond acceptors (Lipinski definition) is 8. The first-order valence-electron chi connectivity index (χ1n) is 16.9. The molecule has 11 nitrogen and oxygen atoms in total. The zero-order valence-electron chi connectivity index (χ0n) is 28.8. The molecule has 0 unspecified atom stereocenters. The third-order valence-electron chi connectivity index (χ3n) is 8.66. The molecule has 0 aliphatic carbocycles. The van der Waals surface area contributed by atoms with Gasteiger partial charge in [0.25, 0.3) is 0 Å². The highest BCUT2D eigenvalue weighted by molar-refractivity contribution is 6.07. The summed E-state index contributed by atoms with van der Waals surface area (Å²) >= 11 is 0. The average Bonchev–Trinajstić information content (AvgIpc) is 3.80. The van der Waals surface area contributed by atoms with Crippen molar-refractivity contribution in [1.29, 1.82) is 0 Å². The lowest BCUT2D eigenvalue weighted by atomic mass is 9.92. The number of carbonyl (C=O) groups excluding carboxylic acids is 1. The monoisotopic (exact) mass is 667 g/mol. The molecule has 3 aromatic carbocycles. The van der Waals surface area contributed by atoms with E-state index < -0.39 is 0 Å². The van der Waals surface area contributed by atoms with Crippen LogP contribution in [0.3, 0.4) is 0 Å². The van der Waals surface area contributed by atoms with Crippen LogP contribution in [0.2, 0.25) is 0 Å². The van der Waals surface area contributed by atoms with Gasteiger partial charge in [-0.05, 0) is 61.7 Å². The minimum absolute atomic E-state index is 0.197. The van der Waals surface area contributed by atoms with Crippen molar-refractivity contribution >= 4 is 45.8 Å². The lowest BCUT2D eigenvalue weighted by Gasteiger charge is -2.16. The van der Waals surface area contributed by atoms with E-state index in [0.717, 1.165) is 52.2 Å². The second-order valence-electron chi connectivity index (χ2n) is 13.6. The Labute approximate surface area is 291 Å². The summed E-state index contributed by atoms with van der Waals surface area (Å²) in [6.07, 6.45) is 7.60. The average molecular weight is 668 g/mol. The van der Waals surface area contributed by atoms with Crippen LogP contribution in [-0.4, -0.2) is 43.9 Å². The highest BCUT2D eigenvalue weighted by Crippen LogP contribution is 2.33. The SMILES string of the molecule is Cc1ccc(-n2nc(C(C)(C)C)cc2NC(=O)Nc2ccc(OCc3ccnc(Nc4cncc(N5CCCC5)n4)c3)c3ccccc23)cc1. The van der Waals surface area contributed by atoms with Crippen molar-refractivity contribution in [2.75, 3.05) is 33.9 Å². The van der Waals surface area contributed by atoms with Gasteiger partial charge >= 0.3 is 6.03 Å². The second kappa shape index (κ2) is 13.9. The van der Waals surface area contributed by atoms with Gasteiger partial charge in [-0.3, -0.25) is 10.3 Å². The fourth-order valence-corrected chi connectivity index (χ4v) is 5.93. The van der Waals surface area contributed by atoms with Crippen LogP contribution in [0.15, 0.2) is 97.5 Å². The molecule has 1 saturated heterocycles. The Morgan fingerprint density at radius 2 is 1.66 bits per heavy atom. The van der Waals surface area contributed by atoms with Crippen LogP contribution in [0.1, 0.15) is 50.4 Å². The minimum atomic E-state index is -0.370. The van der Waals surface area contributed by atoms with E-state index in [0.29, 0.717) is 35.5 Å². The fourth-order valence-electron chi connectivity index (χ4n) is 5.93. The van der Waals surface area contributed by atoms with E-state index in [1.54, 1.807) is 23.3 Å². The maximum atomic E-state index is 13.4. The number of nitrogens with one attached hydrogen (secondary N) is 3. The van der Waals surface area contributed by atoms with Crippen LogP contribution in [0.25, 0.3) is 16.5 Å². The molecule has 3 aromatic heterocycles. The smallest absolute Gasteiger partial charge is 0.324 e. The number of aromatic nitrogens is 5. The first-order chi connectivity index (χ1) is 24.2. The van der Waals surface area contributed by atoms with Crippen LogP contribution in [0.5, 0.6) is 5.75 Å². The highest BCUT2D eigenvalue weighted by Gasteiger charge is 2.22. The first-order valence-corrected chi connectivity index (χ1v) is 16.9. The summed E-state index contributed by atoms with van der Waals surface area (Å²) in [6, 6.07) is 25.1. The molecule has 1 aliphatic rings. The largest absolute Gasteiger partial charge is 0.488 e. The number of amides is 2. The Bertz CT molecular complexity index is 2130. The number of rotatable bonds is 9. The number of carbonyl (C=O) groups is 1. The van der Waals surface area contributed by atoms with Crippen molar-refractivity contribution < 1.29 is 9.53 Å². The molecule has 0 saturated carbocycles. The van der Waals surface area contributed by atoms with E-state index in [1.165, 1.54) is 12.8 Å². The summed E-state index contributed by atoms with van der Waals surface area (Å²) in [7, 11) is 0. The molecule has 254 valence electrons. The number of urea groups is 1. The van der Waals surface area contributed by atoms with E-state index in [4.69, 9.17) is 14.8 Å². The van der Waals surface area contributed by atoms with Crippen LogP contribution in [-0.2, 0) is 12.0 Å². The van der Waals surface area contributed by atoms with Gasteiger partial charge in [-0.15, -0.1) is 0 Å². The normalized spacial score (nSPS) is 13.0. The number of nitrogens with zero attached hydrogens (tertiary/aromatic N) is 6. The fraction of sp³-hybridized carbons (Fsp3) is 0.256. The molecule has 50 heavy (non-hydrogen) atoms. The van der Waals surface area contributed by atoms with Crippen LogP contribution in [0, 0.1) is 6.92 Å². The predicted octanol–water partition coefficient (Wildman–Crippen LogP) is 8.38. The molecule has 3 N–H and O–H groups in total. The third-order valence-corrected chi connectivity index (χ3v) is 8.66. The second-order valence-corrected chi connectivity index (χ2v) is 13.6. The number of pyridine rings is 1. The summed E-state index contributed by atoms with van der Waals surface area (Å²) in [6.45, 7) is 10.7. The summed E-state index contributed by atoms with van der Waals surface area (Å²) in [4.78, 5) is 29.3. The van der Waals surface area contributed by atoms with Gasteiger partial charge in [-0.1, -0.05) is 62.7 Å². The Kier molecular flexibility index (Phi) is 9.04. The van der Waals surface area contributed by atoms with Gasteiger partial charge in [0.15, 0.2) is 5.82 Å². The summed E-state index contributed by atoms with van der Waals surface area (Å²) in [5.74, 6) is 3.46. The number of benzene rings is 3. The Hall–Kier alpha value is -5.97. The van der Waals surface area contributed by atoms with Gasteiger partial charge in [0.05, 0.1) is 29.5 Å². The van der Waals surface area contributed by atoms with E-state index in [1.807, 2.05) is 85.8 Å². The number of fused-ring (bicyclic) bond motifs is 1. The molecule has 6 aromatic rings. The third kappa shape index (κ3) is 7.36. The molecule has 0 spiro atoms. The summed E-state index contributed by atoms with van der Waals surface area (Å²) < 4.78 is 8.10. The van der Waals surface area contributed by atoms with E-state index >= 15 is 0 Å². The van der Waals surface area contributed by atoms with Crippen LogP contribution in [0.4, 0.5) is 33.8 Å². The molecule has 2 amide bonds. The maximum Gasteiger partial charge on any atom is 0.324 e. The Morgan fingerprint density at radius 1 is 0.880 bits per heavy atom. The van der Waals surface area contributed by atoms with Crippen LogP contribution >= 0.6 is 0 Å². The van der Waals surface area contributed by atoms with Gasteiger partial charge in [0.1, 0.15) is 29.8 Å². The Balaban J connectivity index is 1.05. The highest BCUT2D eigenvalue weighted by atomic mass is 16.5. The molecule has 4 heterocycles. The van der Waals surface area contributed by atoms with Gasteiger partial charge in [0.2, 0.25) is 0 Å². The topological polar surface area (TPSA) is 122 Å². The molecule has 11 heteroatoms. The predicted molar refractivity (Wildman–Crippen MR) is 199 cm³/mol. The van der Waals surface area contributed by atoms with Gasteiger partial charge in [-0.2, -0.15) is 5.10 Å². The van der Waals surface area contributed by atoms with Crippen LogP contribution < -0.4 is 25.6 Å². The van der Waals surface area contributed by atoms with Gasteiger partial charge < -0.3 is 20.3 Å². The van der Waals surface area contributed by atoms with E-state index in [-0.39, 0.29) is 11.4 Å². The molecular formula is C39H41N9O2. The van der Waals surface area contributed by atoms with Gasteiger partial charge in [0, 0.05) is 41.5 Å². The number of aryl methyl sites for hydroxylation is 1. The number of ether oxygens (including phenoxy) is 1. The minimum Gasteiger partial charge on any atom is -0.488 e. The lowest BCUT2D eigenvalue weighted by Crippen LogP contribution is -2.21. The Morgan fingerprint density at radius 3 is 2.44 bits per heavy atom. The van der Waals surface area contributed by atoms with Crippen molar-refractivity contribution in [2.24, 2.45) is 0 Å². The summed E-state index contributed by atoms with van der Waals surface area (Å²) in [5.41, 5.74) is 4.29. The zero-order valence-corrected chi connectivity index (χ0v) is 28.8. The number of hydrogen-bond donors (Lipinski definition) is 3. The first kappa shape index (κ1) is 32.6. The number of anilines is 5. The molecule has 0 atom stereocenters.